The van der Waals surface area contributed by atoms with Crippen molar-refractivity contribution in [2.45, 2.75) is 51.2 Å². The fourth-order valence-electron chi connectivity index (χ4n) is 2.90. The van der Waals surface area contributed by atoms with Crippen molar-refractivity contribution in [1.29, 1.82) is 0 Å². The summed E-state index contributed by atoms with van der Waals surface area (Å²) in [5.41, 5.74) is -0.0429. The first-order chi connectivity index (χ1) is 10.4. The summed E-state index contributed by atoms with van der Waals surface area (Å²) < 4.78 is 39.7. The molecule has 1 aliphatic rings. The van der Waals surface area contributed by atoms with Crippen molar-refractivity contribution in [3.05, 3.63) is 22.4 Å². The number of aromatic amines is 1. The number of halogens is 3. The SMILES string of the molecule is CC(Cc1nc2c(cnn2C2CCCC2)c(=O)[nH]1)C(F)(F)F. The quantitative estimate of drug-likeness (QED) is 0.947. The summed E-state index contributed by atoms with van der Waals surface area (Å²) in [5, 5.41) is 4.55. The Morgan fingerprint density at radius 3 is 2.73 bits per heavy atom. The Morgan fingerprint density at radius 2 is 2.09 bits per heavy atom. The summed E-state index contributed by atoms with van der Waals surface area (Å²) >= 11 is 0. The van der Waals surface area contributed by atoms with E-state index < -0.39 is 17.7 Å². The zero-order valence-corrected chi connectivity index (χ0v) is 12.2. The van der Waals surface area contributed by atoms with Crippen LogP contribution in [-0.4, -0.2) is 25.9 Å². The van der Waals surface area contributed by atoms with Gasteiger partial charge in [0.1, 0.15) is 11.2 Å². The second kappa shape index (κ2) is 5.40. The van der Waals surface area contributed by atoms with Gasteiger partial charge in [-0.05, 0) is 12.8 Å². The van der Waals surface area contributed by atoms with Crippen LogP contribution >= 0.6 is 0 Å². The Hall–Kier alpha value is -1.86. The van der Waals surface area contributed by atoms with E-state index in [1.165, 1.54) is 6.20 Å². The van der Waals surface area contributed by atoms with E-state index in [0.29, 0.717) is 11.0 Å². The van der Waals surface area contributed by atoms with Crippen LogP contribution < -0.4 is 5.56 Å². The van der Waals surface area contributed by atoms with Gasteiger partial charge in [0.2, 0.25) is 0 Å². The van der Waals surface area contributed by atoms with Crippen LogP contribution in [0.15, 0.2) is 11.0 Å². The van der Waals surface area contributed by atoms with Crippen molar-refractivity contribution in [3.8, 4) is 0 Å². The molecule has 1 N–H and O–H groups in total. The van der Waals surface area contributed by atoms with E-state index in [0.717, 1.165) is 32.6 Å². The maximum atomic E-state index is 12.7. The second-order valence-electron chi connectivity index (χ2n) is 5.92. The summed E-state index contributed by atoms with van der Waals surface area (Å²) in [6.45, 7) is 1.08. The highest BCUT2D eigenvalue weighted by Gasteiger charge is 2.36. The number of aromatic nitrogens is 4. The standard InChI is InChI=1S/C14H17F3N4O/c1-8(14(15,16)17)6-11-19-12-10(13(22)20-11)7-18-21(12)9-4-2-3-5-9/h7-9H,2-6H2,1H3,(H,19,20,22). The molecular formula is C14H17F3N4O. The Bertz CT molecular complexity index is 728. The molecule has 0 bridgehead atoms. The van der Waals surface area contributed by atoms with Gasteiger partial charge >= 0.3 is 6.18 Å². The molecule has 0 aromatic carbocycles. The van der Waals surface area contributed by atoms with E-state index >= 15 is 0 Å². The lowest BCUT2D eigenvalue weighted by Gasteiger charge is -2.15. The minimum absolute atomic E-state index is 0.0575. The Morgan fingerprint density at radius 1 is 1.41 bits per heavy atom. The second-order valence-corrected chi connectivity index (χ2v) is 5.92. The van der Waals surface area contributed by atoms with Gasteiger partial charge in [-0.15, -0.1) is 0 Å². The third kappa shape index (κ3) is 2.74. The van der Waals surface area contributed by atoms with Crippen molar-refractivity contribution >= 4 is 11.0 Å². The fourth-order valence-corrected chi connectivity index (χ4v) is 2.90. The summed E-state index contributed by atoms with van der Waals surface area (Å²) in [4.78, 5) is 18.7. The molecule has 8 heteroatoms. The molecule has 0 saturated heterocycles. The maximum absolute atomic E-state index is 12.7. The predicted octanol–water partition coefficient (Wildman–Crippen LogP) is 2.98. The van der Waals surface area contributed by atoms with Gasteiger partial charge in [-0.1, -0.05) is 19.8 Å². The van der Waals surface area contributed by atoms with E-state index in [1.807, 2.05) is 0 Å². The predicted molar refractivity (Wildman–Crippen MR) is 74.6 cm³/mol. The normalized spacial score (nSPS) is 18.2. The lowest BCUT2D eigenvalue weighted by Crippen LogP contribution is -2.24. The molecule has 120 valence electrons. The van der Waals surface area contributed by atoms with Crippen molar-refractivity contribution in [1.82, 2.24) is 19.7 Å². The lowest BCUT2D eigenvalue weighted by atomic mass is 10.1. The highest BCUT2D eigenvalue weighted by molar-refractivity contribution is 5.73. The van der Waals surface area contributed by atoms with E-state index in [9.17, 15) is 18.0 Å². The number of nitrogens with zero attached hydrogens (tertiary/aromatic N) is 3. The Kier molecular flexibility index (Phi) is 3.70. The fraction of sp³-hybridized carbons (Fsp3) is 0.643. The van der Waals surface area contributed by atoms with Crippen LogP contribution in [0.1, 0.15) is 44.5 Å². The van der Waals surface area contributed by atoms with Gasteiger partial charge < -0.3 is 4.98 Å². The van der Waals surface area contributed by atoms with E-state index in [1.54, 1.807) is 4.68 Å². The molecule has 1 atom stereocenters. The van der Waals surface area contributed by atoms with Gasteiger partial charge in [0, 0.05) is 6.42 Å². The number of alkyl halides is 3. The van der Waals surface area contributed by atoms with E-state index in [4.69, 9.17) is 0 Å². The molecular weight excluding hydrogens is 297 g/mol. The number of H-pyrrole nitrogens is 1. The molecule has 1 unspecified atom stereocenters. The van der Waals surface area contributed by atoms with E-state index in [-0.39, 0.29) is 18.3 Å². The first kappa shape index (κ1) is 15.1. The minimum Gasteiger partial charge on any atom is -0.310 e. The van der Waals surface area contributed by atoms with Crippen LogP contribution in [0.5, 0.6) is 0 Å². The largest absolute Gasteiger partial charge is 0.391 e. The number of hydrogen-bond acceptors (Lipinski definition) is 3. The smallest absolute Gasteiger partial charge is 0.310 e. The van der Waals surface area contributed by atoms with E-state index in [2.05, 4.69) is 15.1 Å². The van der Waals surface area contributed by atoms with Crippen molar-refractivity contribution < 1.29 is 13.2 Å². The number of fused-ring (bicyclic) bond motifs is 1. The van der Waals surface area contributed by atoms with Crippen LogP contribution in [0.4, 0.5) is 13.2 Å². The van der Waals surface area contributed by atoms with Gasteiger partial charge in [-0.2, -0.15) is 18.3 Å². The van der Waals surface area contributed by atoms with Crippen molar-refractivity contribution in [2.75, 3.05) is 0 Å². The average Bonchev–Trinajstić information content (AvgIpc) is 3.05. The molecule has 1 saturated carbocycles. The molecule has 0 radical (unpaired) electrons. The van der Waals surface area contributed by atoms with Crippen molar-refractivity contribution in [3.63, 3.8) is 0 Å². The Balaban J connectivity index is 1.99. The van der Waals surface area contributed by atoms with Gasteiger partial charge in [0.15, 0.2) is 5.65 Å². The van der Waals surface area contributed by atoms with Crippen LogP contribution in [0.3, 0.4) is 0 Å². The maximum Gasteiger partial charge on any atom is 0.391 e. The minimum atomic E-state index is -4.31. The van der Waals surface area contributed by atoms with Crippen LogP contribution in [0.25, 0.3) is 11.0 Å². The zero-order valence-electron chi connectivity index (χ0n) is 12.2. The summed E-state index contributed by atoms with van der Waals surface area (Å²) in [6, 6.07) is 0.180. The molecule has 0 spiro atoms. The molecule has 1 aliphatic carbocycles. The van der Waals surface area contributed by atoms with Gasteiger partial charge in [0.25, 0.3) is 5.56 Å². The number of rotatable bonds is 3. The molecule has 22 heavy (non-hydrogen) atoms. The lowest BCUT2D eigenvalue weighted by molar-refractivity contribution is -0.169. The van der Waals surface area contributed by atoms with Gasteiger partial charge in [-0.25, -0.2) is 9.67 Å². The third-order valence-corrected chi connectivity index (χ3v) is 4.24. The summed E-state index contributed by atoms with van der Waals surface area (Å²) in [7, 11) is 0. The first-order valence-electron chi connectivity index (χ1n) is 7.39. The molecule has 0 aliphatic heterocycles. The first-order valence-corrected chi connectivity index (χ1v) is 7.39. The Labute approximate surface area is 124 Å². The van der Waals surface area contributed by atoms with Gasteiger partial charge in [-0.3, -0.25) is 4.79 Å². The molecule has 2 aromatic heterocycles. The summed E-state index contributed by atoms with van der Waals surface area (Å²) in [6.07, 6.45) is 0.889. The number of nitrogens with one attached hydrogen (secondary N) is 1. The van der Waals surface area contributed by atoms with Gasteiger partial charge in [0.05, 0.1) is 18.2 Å². The molecule has 3 rings (SSSR count). The highest BCUT2D eigenvalue weighted by atomic mass is 19.4. The number of hydrogen-bond donors (Lipinski definition) is 1. The van der Waals surface area contributed by atoms with Crippen LogP contribution in [0.2, 0.25) is 0 Å². The monoisotopic (exact) mass is 314 g/mol. The van der Waals surface area contributed by atoms with Crippen LogP contribution in [-0.2, 0) is 6.42 Å². The molecule has 2 aromatic rings. The molecule has 1 fully saturated rings. The van der Waals surface area contributed by atoms with Crippen LogP contribution in [0, 0.1) is 5.92 Å². The molecule has 2 heterocycles. The zero-order chi connectivity index (χ0) is 15.9. The highest BCUT2D eigenvalue weighted by Crippen LogP contribution is 2.31. The third-order valence-electron chi connectivity index (χ3n) is 4.24. The molecule has 0 amide bonds. The van der Waals surface area contributed by atoms with Crippen molar-refractivity contribution in [2.24, 2.45) is 5.92 Å². The summed E-state index contributed by atoms with van der Waals surface area (Å²) in [5.74, 6) is -1.50. The topological polar surface area (TPSA) is 63.6 Å². The average molecular weight is 314 g/mol. The molecule has 5 nitrogen and oxygen atoms in total.